The van der Waals surface area contributed by atoms with Gasteiger partial charge in [-0.2, -0.15) is 0 Å². The number of hydrogen-bond donors (Lipinski definition) is 2. The van der Waals surface area contributed by atoms with Gasteiger partial charge in [0, 0.05) is 12.0 Å². The topological polar surface area (TPSA) is 81.2 Å². The fourth-order valence-corrected chi connectivity index (χ4v) is 2.42. The van der Waals surface area contributed by atoms with Crippen LogP contribution in [0.1, 0.15) is 57.4 Å². The van der Waals surface area contributed by atoms with Gasteiger partial charge >= 0.3 is 0 Å². The van der Waals surface area contributed by atoms with E-state index in [2.05, 4.69) is 62.4 Å². The molecule has 130 valence electrons. The molecular formula is C19H27N3O2. The standard InChI is InChI=1S/C19H27N3O2/c1-12(10-14-6-8-15(9-7-14)19(3,4)5)16-11-17(22-24-16)21-18(23)13(2)20/h6-9,11-13H,10,20H2,1-5H3,(H,21,22,23)/t12?,13-/m0/s1. The summed E-state index contributed by atoms with van der Waals surface area (Å²) in [7, 11) is 0. The summed E-state index contributed by atoms with van der Waals surface area (Å²) in [5.41, 5.74) is 8.24. The lowest BCUT2D eigenvalue weighted by Crippen LogP contribution is -2.32. The van der Waals surface area contributed by atoms with Gasteiger partial charge in [-0.25, -0.2) is 0 Å². The summed E-state index contributed by atoms with van der Waals surface area (Å²) < 4.78 is 5.35. The second-order valence-electron chi connectivity index (χ2n) is 7.44. The van der Waals surface area contributed by atoms with Crippen molar-refractivity contribution in [3.8, 4) is 0 Å². The number of carbonyl (C=O) groups is 1. The molecule has 0 saturated carbocycles. The largest absolute Gasteiger partial charge is 0.359 e. The average Bonchev–Trinajstić information content (AvgIpc) is 2.95. The molecule has 2 rings (SSSR count). The van der Waals surface area contributed by atoms with Crippen molar-refractivity contribution >= 4 is 11.7 Å². The zero-order valence-corrected chi connectivity index (χ0v) is 15.1. The quantitative estimate of drug-likeness (QED) is 0.878. The Balaban J connectivity index is 2.01. The molecule has 1 aromatic heterocycles. The van der Waals surface area contributed by atoms with E-state index < -0.39 is 6.04 Å². The van der Waals surface area contributed by atoms with Crippen LogP contribution in [-0.2, 0) is 16.6 Å². The SMILES string of the molecule is CC(Cc1ccc(C(C)(C)C)cc1)c1cc(NC(=O)[C@H](C)N)no1. The maximum absolute atomic E-state index is 11.6. The molecule has 0 spiro atoms. The van der Waals surface area contributed by atoms with E-state index in [4.69, 9.17) is 10.3 Å². The molecule has 5 heteroatoms. The van der Waals surface area contributed by atoms with Crippen LogP contribution in [0.4, 0.5) is 5.82 Å². The van der Waals surface area contributed by atoms with E-state index in [9.17, 15) is 4.79 Å². The number of amides is 1. The van der Waals surface area contributed by atoms with Crippen LogP contribution in [0.2, 0.25) is 0 Å². The molecule has 5 nitrogen and oxygen atoms in total. The van der Waals surface area contributed by atoms with Crippen molar-refractivity contribution in [3.05, 3.63) is 47.2 Å². The Bertz CT molecular complexity index is 681. The van der Waals surface area contributed by atoms with E-state index in [0.717, 1.165) is 12.2 Å². The number of rotatable bonds is 5. The first kappa shape index (κ1) is 18.2. The molecule has 0 radical (unpaired) electrons. The van der Waals surface area contributed by atoms with Crippen LogP contribution in [0.3, 0.4) is 0 Å². The van der Waals surface area contributed by atoms with Gasteiger partial charge < -0.3 is 15.6 Å². The number of nitrogens with zero attached hydrogens (tertiary/aromatic N) is 1. The Morgan fingerprint density at radius 2 is 1.88 bits per heavy atom. The van der Waals surface area contributed by atoms with Crippen LogP contribution in [0.5, 0.6) is 0 Å². The predicted molar refractivity (Wildman–Crippen MR) is 96.0 cm³/mol. The third-order valence-electron chi connectivity index (χ3n) is 4.04. The molecule has 2 atom stereocenters. The molecule has 3 N–H and O–H groups in total. The second-order valence-corrected chi connectivity index (χ2v) is 7.44. The smallest absolute Gasteiger partial charge is 0.242 e. The first-order valence-corrected chi connectivity index (χ1v) is 8.29. The summed E-state index contributed by atoms with van der Waals surface area (Å²) in [5.74, 6) is 1.04. The molecule has 0 aliphatic rings. The third kappa shape index (κ3) is 4.68. The minimum Gasteiger partial charge on any atom is -0.359 e. The van der Waals surface area contributed by atoms with E-state index in [1.54, 1.807) is 13.0 Å². The van der Waals surface area contributed by atoms with Crippen LogP contribution in [0.25, 0.3) is 0 Å². The molecule has 24 heavy (non-hydrogen) atoms. The Morgan fingerprint density at radius 3 is 2.42 bits per heavy atom. The van der Waals surface area contributed by atoms with Gasteiger partial charge in [-0.05, 0) is 29.9 Å². The second kappa shape index (κ2) is 7.18. The number of anilines is 1. The van der Waals surface area contributed by atoms with Crippen molar-refractivity contribution in [2.45, 2.75) is 58.4 Å². The fraction of sp³-hybridized carbons (Fsp3) is 0.474. The maximum atomic E-state index is 11.6. The Labute approximate surface area is 143 Å². The lowest BCUT2D eigenvalue weighted by atomic mass is 9.86. The minimum atomic E-state index is -0.580. The van der Waals surface area contributed by atoms with Crippen molar-refractivity contribution in [2.75, 3.05) is 5.32 Å². The molecule has 1 heterocycles. The first-order chi connectivity index (χ1) is 11.2. The van der Waals surface area contributed by atoms with Crippen molar-refractivity contribution in [3.63, 3.8) is 0 Å². The summed E-state index contributed by atoms with van der Waals surface area (Å²) in [6, 6.07) is 9.85. The average molecular weight is 329 g/mol. The van der Waals surface area contributed by atoms with Gasteiger partial charge in [-0.1, -0.05) is 57.1 Å². The minimum absolute atomic E-state index is 0.155. The molecule has 0 bridgehead atoms. The maximum Gasteiger partial charge on any atom is 0.242 e. The highest BCUT2D eigenvalue weighted by Gasteiger charge is 2.17. The summed E-state index contributed by atoms with van der Waals surface area (Å²) in [4.78, 5) is 11.6. The van der Waals surface area contributed by atoms with Crippen LogP contribution >= 0.6 is 0 Å². The summed E-state index contributed by atoms with van der Waals surface area (Å²) in [6.07, 6.45) is 0.848. The van der Waals surface area contributed by atoms with Crippen LogP contribution < -0.4 is 11.1 Å². The molecule has 2 aromatic rings. The molecule has 1 aromatic carbocycles. The molecule has 1 unspecified atom stereocenters. The van der Waals surface area contributed by atoms with Gasteiger partial charge in [0.05, 0.1) is 6.04 Å². The van der Waals surface area contributed by atoms with E-state index in [1.165, 1.54) is 11.1 Å². The molecule has 0 saturated heterocycles. The van der Waals surface area contributed by atoms with Gasteiger partial charge in [0.1, 0.15) is 5.76 Å². The Hall–Kier alpha value is -2.14. The molecule has 1 amide bonds. The number of nitrogens with one attached hydrogen (secondary N) is 1. The predicted octanol–water partition coefficient (Wildman–Crippen LogP) is 3.60. The lowest BCUT2D eigenvalue weighted by molar-refractivity contribution is -0.117. The van der Waals surface area contributed by atoms with Gasteiger partial charge in [-0.3, -0.25) is 4.79 Å². The highest BCUT2D eigenvalue weighted by molar-refractivity contribution is 5.93. The number of benzene rings is 1. The van der Waals surface area contributed by atoms with Gasteiger partial charge in [0.15, 0.2) is 5.82 Å². The zero-order valence-electron chi connectivity index (χ0n) is 15.1. The summed E-state index contributed by atoms with van der Waals surface area (Å²) in [5, 5.41) is 6.52. The van der Waals surface area contributed by atoms with Crippen LogP contribution in [-0.4, -0.2) is 17.1 Å². The van der Waals surface area contributed by atoms with Crippen LogP contribution in [0.15, 0.2) is 34.9 Å². The monoisotopic (exact) mass is 329 g/mol. The van der Waals surface area contributed by atoms with Crippen molar-refractivity contribution in [2.24, 2.45) is 5.73 Å². The summed E-state index contributed by atoms with van der Waals surface area (Å²) in [6.45, 7) is 10.3. The van der Waals surface area contributed by atoms with Gasteiger partial charge in [-0.15, -0.1) is 0 Å². The Kier molecular flexibility index (Phi) is 5.44. The number of carbonyl (C=O) groups excluding carboxylic acids is 1. The Morgan fingerprint density at radius 1 is 1.25 bits per heavy atom. The van der Waals surface area contributed by atoms with Gasteiger partial charge in [0.2, 0.25) is 5.91 Å². The first-order valence-electron chi connectivity index (χ1n) is 8.29. The molecular weight excluding hydrogens is 302 g/mol. The third-order valence-corrected chi connectivity index (χ3v) is 4.04. The van der Waals surface area contributed by atoms with E-state index in [-0.39, 0.29) is 17.2 Å². The fourth-order valence-electron chi connectivity index (χ4n) is 2.42. The van der Waals surface area contributed by atoms with Crippen LogP contribution in [0, 0.1) is 0 Å². The number of aromatic nitrogens is 1. The molecule has 0 aliphatic heterocycles. The normalized spacial score (nSPS) is 14.2. The highest BCUT2D eigenvalue weighted by Crippen LogP contribution is 2.26. The number of hydrogen-bond acceptors (Lipinski definition) is 4. The summed E-state index contributed by atoms with van der Waals surface area (Å²) >= 11 is 0. The van der Waals surface area contributed by atoms with Gasteiger partial charge in [0.25, 0.3) is 0 Å². The molecule has 0 fully saturated rings. The van der Waals surface area contributed by atoms with Crippen molar-refractivity contribution < 1.29 is 9.32 Å². The van der Waals surface area contributed by atoms with Crippen molar-refractivity contribution in [1.29, 1.82) is 0 Å². The van der Waals surface area contributed by atoms with E-state index >= 15 is 0 Å². The lowest BCUT2D eigenvalue weighted by Gasteiger charge is -2.19. The highest BCUT2D eigenvalue weighted by atomic mass is 16.5. The van der Waals surface area contributed by atoms with E-state index in [1.807, 2.05) is 0 Å². The molecule has 0 aliphatic carbocycles. The zero-order chi connectivity index (χ0) is 17.9. The van der Waals surface area contributed by atoms with Crippen molar-refractivity contribution in [1.82, 2.24) is 5.16 Å². The number of nitrogens with two attached hydrogens (primary N) is 1. The van der Waals surface area contributed by atoms with E-state index in [0.29, 0.717) is 5.82 Å².